The van der Waals surface area contributed by atoms with Crippen molar-refractivity contribution >= 4 is 0 Å². The molecule has 1 saturated carbocycles. The minimum absolute atomic E-state index is 0.210. The summed E-state index contributed by atoms with van der Waals surface area (Å²) in [6.07, 6.45) is 8.75. The molecular formula is C15H28O2. The summed E-state index contributed by atoms with van der Waals surface area (Å²) < 4.78 is 12.5. The minimum Gasteiger partial charge on any atom is -0.350 e. The van der Waals surface area contributed by atoms with E-state index in [1.54, 1.807) is 0 Å². The lowest BCUT2D eigenvalue weighted by Gasteiger charge is -2.47. The number of rotatable bonds is 3. The summed E-state index contributed by atoms with van der Waals surface area (Å²) in [6, 6.07) is 0. The van der Waals surface area contributed by atoms with Gasteiger partial charge in [-0.15, -0.1) is 0 Å². The molecule has 0 radical (unpaired) electrons. The molecule has 0 amide bonds. The topological polar surface area (TPSA) is 18.5 Å². The van der Waals surface area contributed by atoms with Crippen molar-refractivity contribution in [2.24, 2.45) is 11.8 Å². The molecule has 0 aromatic heterocycles. The van der Waals surface area contributed by atoms with Crippen molar-refractivity contribution in [1.29, 1.82) is 0 Å². The zero-order valence-corrected chi connectivity index (χ0v) is 11.7. The largest absolute Gasteiger partial charge is 0.350 e. The van der Waals surface area contributed by atoms with Crippen LogP contribution in [-0.4, -0.2) is 18.5 Å². The van der Waals surface area contributed by atoms with E-state index in [2.05, 4.69) is 20.8 Å². The van der Waals surface area contributed by atoms with Crippen LogP contribution >= 0.6 is 0 Å². The fraction of sp³-hybridized carbons (Fsp3) is 1.00. The molecule has 0 aromatic carbocycles. The second kappa shape index (κ2) is 5.71. The van der Waals surface area contributed by atoms with Crippen LogP contribution in [0.15, 0.2) is 0 Å². The Bertz CT molecular complexity index is 231. The molecule has 0 N–H and O–H groups in total. The maximum absolute atomic E-state index is 6.38. The van der Waals surface area contributed by atoms with Crippen molar-refractivity contribution in [3.63, 3.8) is 0 Å². The molecule has 1 saturated heterocycles. The van der Waals surface area contributed by atoms with Gasteiger partial charge in [-0.3, -0.25) is 0 Å². The third-order valence-corrected chi connectivity index (χ3v) is 4.59. The van der Waals surface area contributed by atoms with E-state index >= 15 is 0 Å². The first kappa shape index (κ1) is 13.4. The standard InChI is InChI=1S/C15H28O2/c1-4-6-14-13(5-2)11-16-15(17-14)9-7-12(3)8-10-15/h12-14H,4-11H2,1-3H3/t12?,13-,14-,15?/m0/s1. The van der Waals surface area contributed by atoms with E-state index in [0.29, 0.717) is 12.0 Å². The molecule has 2 aliphatic rings. The van der Waals surface area contributed by atoms with E-state index in [-0.39, 0.29) is 5.79 Å². The van der Waals surface area contributed by atoms with E-state index in [0.717, 1.165) is 25.4 Å². The molecule has 1 heterocycles. The number of hydrogen-bond donors (Lipinski definition) is 0. The van der Waals surface area contributed by atoms with Crippen LogP contribution in [0.4, 0.5) is 0 Å². The van der Waals surface area contributed by atoms with E-state index in [1.165, 1.54) is 32.1 Å². The monoisotopic (exact) mass is 240 g/mol. The predicted molar refractivity (Wildman–Crippen MR) is 69.9 cm³/mol. The van der Waals surface area contributed by atoms with Crippen molar-refractivity contribution in [3.05, 3.63) is 0 Å². The highest BCUT2D eigenvalue weighted by Gasteiger charge is 2.43. The SMILES string of the molecule is CCC[C@@H]1OC2(CCC(C)CC2)OC[C@@H]1CC. The first-order valence-corrected chi connectivity index (χ1v) is 7.51. The van der Waals surface area contributed by atoms with Crippen LogP contribution < -0.4 is 0 Å². The Morgan fingerprint density at radius 1 is 1.18 bits per heavy atom. The first-order valence-electron chi connectivity index (χ1n) is 7.51. The first-order chi connectivity index (χ1) is 8.19. The average Bonchev–Trinajstić information content (AvgIpc) is 2.34. The number of ether oxygens (including phenoxy) is 2. The van der Waals surface area contributed by atoms with Crippen molar-refractivity contribution in [2.75, 3.05) is 6.61 Å². The van der Waals surface area contributed by atoms with Gasteiger partial charge in [-0.1, -0.05) is 27.2 Å². The summed E-state index contributed by atoms with van der Waals surface area (Å²) in [4.78, 5) is 0. The molecule has 1 spiro atoms. The van der Waals surface area contributed by atoms with Gasteiger partial charge >= 0.3 is 0 Å². The van der Waals surface area contributed by atoms with Gasteiger partial charge < -0.3 is 9.47 Å². The van der Waals surface area contributed by atoms with Gasteiger partial charge in [0.2, 0.25) is 0 Å². The predicted octanol–water partition coefficient (Wildman–Crippen LogP) is 4.13. The van der Waals surface area contributed by atoms with Gasteiger partial charge in [0.25, 0.3) is 0 Å². The fourth-order valence-corrected chi connectivity index (χ4v) is 3.20. The summed E-state index contributed by atoms with van der Waals surface area (Å²) in [5, 5.41) is 0. The Morgan fingerprint density at radius 2 is 1.88 bits per heavy atom. The summed E-state index contributed by atoms with van der Waals surface area (Å²) in [5.41, 5.74) is 0. The fourth-order valence-electron chi connectivity index (χ4n) is 3.20. The molecule has 100 valence electrons. The molecule has 2 nitrogen and oxygen atoms in total. The summed E-state index contributed by atoms with van der Waals surface area (Å²) in [6.45, 7) is 7.76. The molecule has 1 aliphatic heterocycles. The van der Waals surface area contributed by atoms with Gasteiger partial charge in [-0.2, -0.15) is 0 Å². The maximum Gasteiger partial charge on any atom is 0.168 e. The quantitative estimate of drug-likeness (QED) is 0.738. The molecule has 1 aliphatic carbocycles. The Kier molecular flexibility index (Phi) is 4.48. The second-order valence-electron chi connectivity index (χ2n) is 6.02. The molecule has 2 fully saturated rings. The van der Waals surface area contributed by atoms with Crippen LogP contribution in [-0.2, 0) is 9.47 Å². The third kappa shape index (κ3) is 3.03. The van der Waals surface area contributed by atoms with Crippen LogP contribution in [0.25, 0.3) is 0 Å². The minimum atomic E-state index is -0.210. The van der Waals surface area contributed by atoms with Crippen molar-refractivity contribution < 1.29 is 9.47 Å². The Hall–Kier alpha value is -0.0800. The van der Waals surface area contributed by atoms with Gasteiger partial charge in [0.15, 0.2) is 5.79 Å². The highest BCUT2D eigenvalue weighted by atomic mass is 16.7. The molecule has 2 rings (SSSR count). The van der Waals surface area contributed by atoms with Crippen molar-refractivity contribution in [1.82, 2.24) is 0 Å². The van der Waals surface area contributed by atoms with Crippen LogP contribution in [0, 0.1) is 11.8 Å². The molecule has 2 atom stereocenters. The molecule has 0 aromatic rings. The summed E-state index contributed by atoms with van der Waals surface area (Å²) >= 11 is 0. The lowest BCUT2D eigenvalue weighted by atomic mass is 9.84. The smallest absolute Gasteiger partial charge is 0.168 e. The molecule has 0 bridgehead atoms. The van der Waals surface area contributed by atoms with Crippen molar-refractivity contribution in [3.8, 4) is 0 Å². The van der Waals surface area contributed by atoms with Gasteiger partial charge in [-0.25, -0.2) is 0 Å². The van der Waals surface area contributed by atoms with Gasteiger partial charge in [0, 0.05) is 18.8 Å². The normalized spacial score (nSPS) is 42.9. The van der Waals surface area contributed by atoms with Gasteiger partial charge in [0.1, 0.15) is 0 Å². The Balaban J connectivity index is 1.97. The van der Waals surface area contributed by atoms with Gasteiger partial charge in [0.05, 0.1) is 12.7 Å². The van der Waals surface area contributed by atoms with Gasteiger partial charge in [-0.05, 0) is 31.6 Å². The lowest BCUT2D eigenvalue weighted by molar-refractivity contribution is -0.325. The average molecular weight is 240 g/mol. The zero-order valence-electron chi connectivity index (χ0n) is 11.7. The lowest BCUT2D eigenvalue weighted by Crippen LogP contribution is -2.50. The Morgan fingerprint density at radius 3 is 2.47 bits per heavy atom. The van der Waals surface area contributed by atoms with Crippen LogP contribution in [0.5, 0.6) is 0 Å². The molecular weight excluding hydrogens is 212 g/mol. The highest BCUT2D eigenvalue weighted by molar-refractivity contribution is 4.85. The molecule has 0 unspecified atom stereocenters. The van der Waals surface area contributed by atoms with Crippen LogP contribution in [0.1, 0.15) is 65.7 Å². The van der Waals surface area contributed by atoms with E-state index in [1.807, 2.05) is 0 Å². The van der Waals surface area contributed by atoms with Crippen molar-refractivity contribution in [2.45, 2.75) is 77.6 Å². The Labute approximate surface area is 106 Å². The third-order valence-electron chi connectivity index (χ3n) is 4.59. The molecule has 17 heavy (non-hydrogen) atoms. The highest BCUT2D eigenvalue weighted by Crippen LogP contribution is 2.41. The van der Waals surface area contributed by atoms with E-state index in [9.17, 15) is 0 Å². The summed E-state index contributed by atoms with van der Waals surface area (Å²) in [5.74, 6) is 1.25. The zero-order chi connectivity index (χ0) is 12.3. The van der Waals surface area contributed by atoms with Crippen LogP contribution in [0.2, 0.25) is 0 Å². The second-order valence-corrected chi connectivity index (χ2v) is 6.02. The van der Waals surface area contributed by atoms with Crippen LogP contribution in [0.3, 0.4) is 0 Å². The van der Waals surface area contributed by atoms with E-state index in [4.69, 9.17) is 9.47 Å². The maximum atomic E-state index is 6.38. The summed E-state index contributed by atoms with van der Waals surface area (Å²) in [7, 11) is 0. The van der Waals surface area contributed by atoms with E-state index < -0.39 is 0 Å². The number of hydrogen-bond acceptors (Lipinski definition) is 2. The molecule has 2 heteroatoms.